The number of para-hydroxylation sites is 1. The molecule has 0 atom stereocenters. The van der Waals surface area contributed by atoms with E-state index in [0.29, 0.717) is 23.9 Å². The van der Waals surface area contributed by atoms with Crippen LogP contribution in [0.3, 0.4) is 0 Å². The van der Waals surface area contributed by atoms with Gasteiger partial charge in [0, 0.05) is 30.9 Å². The number of rotatable bonds is 6. The van der Waals surface area contributed by atoms with Gasteiger partial charge in [-0.25, -0.2) is 13.4 Å². The molecule has 0 saturated carbocycles. The predicted molar refractivity (Wildman–Crippen MR) is 133 cm³/mol. The van der Waals surface area contributed by atoms with Gasteiger partial charge in [0.05, 0.1) is 17.0 Å². The number of nitrogens with zero attached hydrogens (tertiary/aromatic N) is 2. The summed E-state index contributed by atoms with van der Waals surface area (Å²) in [4.78, 5) is 9.48. The van der Waals surface area contributed by atoms with Crippen molar-refractivity contribution in [1.82, 2.24) is 15.6 Å². The maximum absolute atomic E-state index is 11.8. The van der Waals surface area contributed by atoms with Crippen LogP contribution in [0.2, 0.25) is 0 Å². The van der Waals surface area contributed by atoms with Crippen LogP contribution in [0, 0.1) is 6.92 Å². The first-order chi connectivity index (χ1) is 13.9. The van der Waals surface area contributed by atoms with Gasteiger partial charge in [-0.1, -0.05) is 36.4 Å². The topological polar surface area (TPSA) is 83.5 Å². The van der Waals surface area contributed by atoms with Gasteiger partial charge < -0.3 is 10.6 Å². The number of sulfone groups is 1. The Labute approximate surface area is 195 Å². The maximum Gasteiger partial charge on any atom is 0.191 e. The van der Waals surface area contributed by atoms with E-state index in [1.54, 1.807) is 19.2 Å². The number of guanidine groups is 1. The Bertz CT molecular complexity index is 1140. The second-order valence-corrected chi connectivity index (χ2v) is 8.90. The first-order valence-corrected chi connectivity index (χ1v) is 11.4. The van der Waals surface area contributed by atoms with Crippen LogP contribution < -0.4 is 10.6 Å². The smallest absolute Gasteiger partial charge is 0.191 e. The van der Waals surface area contributed by atoms with Crippen molar-refractivity contribution in [2.24, 2.45) is 4.99 Å². The quantitative estimate of drug-likeness (QED) is 0.283. The Morgan fingerprint density at radius 3 is 2.57 bits per heavy atom. The average Bonchev–Trinajstić information content (AvgIpc) is 2.69. The summed E-state index contributed by atoms with van der Waals surface area (Å²) < 4.78 is 23.6. The second-order valence-electron chi connectivity index (χ2n) is 6.91. The maximum atomic E-state index is 11.8. The number of aryl methyl sites for hydroxylation is 1. The third-order valence-corrected chi connectivity index (χ3v) is 5.82. The summed E-state index contributed by atoms with van der Waals surface area (Å²) >= 11 is 0. The van der Waals surface area contributed by atoms with Crippen molar-refractivity contribution in [3.05, 3.63) is 71.4 Å². The summed E-state index contributed by atoms with van der Waals surface area (Å²) in [6.45, 7) is 5.62. The molecule has 0 aliphatic rings. The molecule has 8 heteroatoms. The van der Waals surface area contributed by atoms with Gasteiger partial charge in [-0.2, -0.15) is 0 Å². The lowest BCUT2D eigenvalue weighted by atomic mass is 10.1. The van der Waals surface area contributed by atoms with Gasteiger partial charge in [0.15, 0.2) is 15.8 Å². The van der Waals surface area contributed by atoms with Gasteiger partial charge in [-0.05, 0) is 42.7 Å². The number of aromatic nitrogens is 1. The highest BCUT2D eigenvalue weighted by Crippen LogP contribution is 2.17. The summed E-state index contributed by atoms with van der Waals surface area (Å²) in [6, 6.07) is 15.4. The van der Waals surface area contributed by atoms with E-state index >= 15 is 0 Å². The Kier molecular flexibility index (Phi) is 8.60. The number of hydrogen-bond acceptors (Lipinski definition) is 4. The lowest BCUT2D eigenvalue weighted by Crippen LogP contribution is -2.36. The summed E-state index contributed by atoms with van der Waals surface area (Å²) in [5.41, 5.74) is 3.77. The Morgan fingerprint density at radius 2 is 1.87 bits per heavy atom. The standard InChI is InChI=1S/C22H26N4O2S.HI/c1-4-23-22(25-14-17-10-11-20(16(2)13-17)29(3,27)28)26-15-19-8-5-7-18-9-6-12-24-21(18)19;/h5-13H,4,14-15H2,1-3H3,(H2,23,25,26);1H. The van der Waals surface area contributed by atoms with Crippen LogP contribution in [0.4, 0.5) is 0 Å². The number of halogens is 1. The van der Waals surface area contributed by atoms with E-state index in [-0.39, 0.29) is 24.0 Å². The third-order valence-electron chi connectivity index (χ3n) is 4.57. The number of pyridine rings is 1. The highest BCUT2D eigenvalue weighted by Gasteiger charge is 2.11. The Morgan fingerprint density at radius 1 is 1.10 bits per heavy atom. The van der Waals surface area contributed by atoms with E-state index in [9.17, 15) is 8.42 Å². The van der Waals surface area contributed by atoms with Gasteiger partial charge >= 0.3 is 0 Å². The third kappa shape index (κ3) is 6.15. The van der Waals surface area contributed by atoms with Crippen LogP contribution in [0.25, 0.3) is 10.9 Å². The molecule has 3 aromatic rings. The van der Waals surface area contributed by atoms with E-state index < -0.39 is 9.84 Å². The first-order valence-electron chi connectivity index (χ1n) is 9.53. The van der Waals surface area contributed by atoms with Crippen molar-refractivity contribution in [3.8, 4) is 0 Å². The molecule has 0 bridgehead atoms. The number of aliphatic imine (C=N–C) groups is 1. The summed E-state index contributed by atoms with van der Waals surface area (Å²) in [6.07, 6.45) is 3.02. The minimum atomic E-state index is -3.21. The fraction of sp³-hybridized carbons (Fsp3) is 0.273. The van der Waals surface area contributed by atoms with Gasteiger partial charge in [0.25, 0.3) is 0 Å². The molecule has 2 aromatic carbocycles. The molecule has 0 saturated heterocycles. The van der Waals surface area contributed by atoms with E-state index in [1.165, 1.54) is 6.26 Å². The van der Waals surface area contributed by atoms with Crippen LogP contribution >= 0.6 is 24.0 Å². The normalized spacial score (nSPS) is 11.8. The molecule has 1 heterocycles. The van der Waals surface area contributed by atoms with Crippen LogP contribution in [0.1, 0.15) is 23.6 Å². The monoisotopic (exact) mass is 538 g/mol. The zero-order chi connectivity index (χ0) is 20.9. The first kappa shape index (κ1) is 24.1. The minimum absolute atomic E-state index is 0. The molecule has 0 unspecified atom stereocenters. The Balaban J connectivity index is 0.00000320. The predicted octanol–water partition coefficient (Wildman–Crippen LogP) is 3.82. The molecule has 0 fully saturated rings. The molecule has 1 aromatic heterocycles. The molecule has 6 nitrogen and oxygen atoms in total. The molecule has 0 radical (unpaired) electrons. The van der Waals surface area contributed by atoms with Gasteiger partial charge in [-0.3, -0.25) is 4.98 Å². The van der Waals surface area contributed by atoms with Crippen LogP contribution in [0.15, 0.2) is 64.6 Å². The van der Waals surface area contributed by atoms with Crippen LogP contribution in [0.5, 0.6) is 0 Å². The summed E-state index contributed by atoms with van der Waals surface area (Å²) in [7, 11) is -3.21. The number of hydrogen-bond donors (Lipinski definition) is 2. The summed E-state index contributed by atoms with van der Waals surface area (Å²) in [5, 5.41) is 7.70. The Hall–Kier alpha value is -2.20. The molecule has 0 aliphatic heterocycles. The van der Waals surface area contributed by atoms with E-state index in [2.05, 4.69) is 26.7 Å². The molecular formula is C22H27IN4O2S. The molecule has 0 spiro atoms. The van der Waals surface area contributed by atoms with Gasteiger partial charge in [0.1, 0.15) is 0 Å². The number of fused-ring (bicyclic) bond motifs is 1. The van der Waals surface area contributed by atoms with E-state index in [1.807, 2.05) is 43.3 Å². The van der Waals surface area contributed by atoms with E-state index in [0.717, 1.165) is 34.1 Å². The summed E-state index contributed by atoms with van der Waals surface area (Å²) in [5.74, 6) is 0.699. The highest BCUT2D eigenvalue weighted by atomic mass is 127. The van der Waals surface area contributed by atoms with Gasteiger partial charge in [0.2, 0.25) is 0 Å². The number of benzene rings is 2. The van der Waals surface area contributed by atoms with Crippen molar-refractivity contribution in [2.75, 3.05) is 12.8 Å². The van der Waals surface area contributed by atoms with Crippen molar-refractivity contribution in [2.45, 2.75) is 31.8 Å². The van der Waals surface area contributed by atoms with Crippen molar-refractivity contribution >= 4 is 50.7 Å². The van der Waals surface area contributed by atoms with Crippen molar-refractivity contribution < 1.29 is 8.42 Å². The average molecular weight is 538 g/mol. The molecular weight excluding hydrogens is 511 g/mol. The minimum Gasteiger partial charge on any atom is -0.357 e. The fourth-order valence-electron chi connectivity index (χ4n) is 3.23. The molecule has 0 aliphatic carbocycles. The number of nitrogens with one attached hydrogen (secondary N) is 2. The zero-order valence-corrected chi connectivity index (χ0v) is 20.5. The molecule has 160 valence electrons. The van der Waals surface area contributed by atoms with Gasteiger partial charge in [-0.15, -0.1) is 24.0 Å². The molecule has 30 heavy (non-hydrogen) atoms. The van der Waals surface area contributed by atoms with Crippen LogP contribution in [-0.2, 0) is 22.9 Å². The molecule has 3 rings (SSSR count). The SMILES string of the molecule is CCNC(=NCc1ccc(S(C)(=O)=O)c(C)c1)NCc1cccc2cccnc12.I. The van der Waals surface area contributed by atoms with Crippen molar-refractivity contribution in [3.63, 3.8) is 0 Å². The molecule has 0 amide bonds. The van der Waals surface area contributed by atoms with E-state index in [4.69, 9.17) is 0 Å². The fourth-order valence-corrected chi connectivity index (χ4v) is 4.19. The lowest BCUT2D eigenvalue weighted by Gasteiger charge is -2.13. The van der Waals surface area contributed by atoms with Crippen molar-refractivity contribution in [1.29, 1.82) is 0 Å². The zero-order valence-electron chi connectivity index (χ0n) is 17.3. The lowest BCUT2D eigenvalue weighted by molar-refractivity contribution is 0.601. The second kappa shape index (κ2) is 10.7. The van der Waals surface area contributed by atoms with Crippen LogP contribution in [-0.4, -0.2) is 32.2 Å². The highest BCUT2D eigenvalue weighted by molar-refractivity contribution is 14.0. The molecule has 2 N–H and O–H groups in total. The largest absolute Gasteiger partial charge is 0.357 e.